The molecule has 0 radical (unpaired) electrons. The Morgan fingerprint density at radius 1 is 1.00 bits per heavy atom. The molecule has 6 heteroatoms. The summed E-state index contributed by atoms with van der Waals surface area (Å²) in [6.45, 7) is 5.41. The lowest BCUT2D eigenvalue weighted by Crippen LogP contribution is -2.47. The van der Waals surface area contributed by atoms with Crippen molar-refractivity contribution in [1.29, 1.82) is 0 Å². The fourth-order valence-electron chi connectivity index (χ4n) is 3.10. The molecule has 0 saturated carbocycles. The molecule has 5 nitrogen and oxygen atoms in total. The Bertz CT molecular complexity index is 840. The maximum Gasteiger partial charge on any atom is 0.150 e. The van der Waals surface area contributed by atoms with Crippen molar-refractivity contribution in [3.8, 4) is 0 Å². The maximum absolute atomic E-state index is 9.72. The van der Waals surface area contributed by atoms with E-state index in [1.807, 2.05) is 18.2 Å². The molecular formula is C18H20N4OS. The van der Waals surface area contributed by atoms with Crippen LogP contribution in [0.3, 0.4) is 0 Å². The molecule has 3 aromatic rings. The zero-order chi connectivity index (χ0) is 16.5. The van der Waals surface area contributed by atoms with Crippen molar-refractivity contribution in [3.05, 3.63) is 48.2 Å². The van der Waals surface area contributed by atoms with Gasteiger partial charge in [0.15, 0.2) is 0 Å². The van der Waals surface area contributed by atoms with Gasteiger partial charge in [-0.25, -0.2) is 4.98 Å². The first-order valence-corrected chi connectivity index (χ1v) is 8.99. The molecule has 3 heterocycles. The number of rotatable bonds is 3. The van der Waals surface area contributed by atoms with Crippen molar-refractivity contribution in [2.24, 2.45) is 0 Å². The van der Waals surface area contributed by atoms with Gasteiger partial charge < -0.3 is 14.9 Å². The molecule has 124 valence electrons. The number of hydrogen-bond acceptors (Lipinski definition) is 6. The van der Waals surface area contributed by atoms with Crippen LogP contribution < -0.4 is 9.80 Å². The smallest absolute Gasteiger partial charge is 0.150 e. The number of anilines is 2. The van der Waals surface area contributed by atoms with E-state index in [0.29, 0.717) is 0 Å². The largest absolute Gasteiger partial charge is 0.387 e. The predicted molar refractivity (Wildman–Crippen MR) is 98.9 cm³/mol. The molecule has 0 amide bonds. The average molecular weight is 340 g/mol. The second-order valence-electron chi connectivity index (χ2n) is 6.07. The van der Waals surface area contributed by atoms with Gasteiger partial charge >= 0.3 is 0 Å². The Kier molecular flexibility index (Phi) is 4.08. The molecular weight excluding hydrogens is 320 g/mol. The average Bonchev–Trinajstić information content (AvgIpc) is 3.06. The van der Waals surface area contributed by atoms with E-state index in [0.717, 1.165) is 43.5 Å². The Morgan fingerprint density at radius 3 is 2.54 bits per heavy atom. The molecule has 24 heavy (non-hydrogen) atoms. The first kappa shape index (κ1) is 15.4. The molecule has 2 aromatic heterocycles. The van der Waals surface area contributed by atoms with Crippen LogP contribution in [0.1, 0.15) is 18.7 Å². The number of nitrogens with zero attached hydrogens (tertiary/aromatic N) is 4. The summed E-state index contributed by atoms with van der Waals surface area (Å²) in [7, 11) is 0. The highest BCUT2D eigenvalue weighted by molar-refractivity contribution is 7.13. The number of aliphatic hydroxyl groups is 1. The van der Waals surface area contributed by atoms with Gasteiger partial charge in [0.05, 0.1) is 16.5 Å². The van der Waals surface area contributed by atoms with E-state index in [-0.39, 0.29) is 0 Å². The lowest BCUT2D eigenvalue weighted by Gasteiger charge is -2.36. The van der Waals surface area contributed by atoms with Gasteiger partial charge in [0.1, 0.15) is 11.6 Å². The fourth-order valence-corrected chi connectivity index (χ4v) is 3.89. The minimum atomic E-state index is -0.535. The van der Waals surface area contributed by atoms with Crippen LogP contribution in [0.25, 0.3) is 10.1 Å². The summed E-state index contributed by atoms with van der Waals surface area (Å²) in [6.07, 6.45) is -0.535. The first-order valence-electron chi connectivity index (χ1n) is 8.22. The molecule has 1 aliphatic rings. The monoisotopic (exact) mass is 340 g/mol. The molecule has 4 rings (SSSR count). The summed E-state index contributed by atoms with van der Waals surface area (Å²) < 4.78 is 5.89. The second-order valence-corrected chi connectivity index (χ2v) is 6.88. The molecule has 0 spiro atoms. The summed E-state index contributed by atoms with van der Waals surface area (Å²) in [5.74, 6) is 2.04. The van der Waals surface area contributed by atoms with Crippen molar-refractivity contribution in [1.82, 2.24) is 9.36 Å². The standard InChI is InChI=1S/C18H20N4OS/c1-13(23)15-6-4-8-17(19-15)21-9-11-22(12-10-21)18-14-5-2-3-7-16(14)24-20-18/h2-8,13,23H,9-12H2,1H3. The molecule has 1 fully saturated rings. The molecule has 1 aromatic carbocycles. The van der Waals surface area contributed by atoms with Crippen molar-refractivity contribution in [2.75, 3.05) is 36.0 Å². The van der Waals surface area contributed by atoms with Crippen LogP contribution in [-0.4, -0.2) is 40.6 Å². The van der Waals surface area contributed by atoms with E-state index < -0.39 is 6.10 Å². The predicted octanol–water partition coefficient (Wildman–Crippen LogP) is 3.07. The van der Waals surface area contributed by atoms with Crippen LogP contribution in [0.2, 0.25) is 0 Å². The number of aromatic nitrogens is 2. The maximum atomic E-state index is 9.72. The van der Waals surface area contributed by atoms with Gasteiger partial charge in [-0.1, -0.05) is 18.2 Å². The van der Waals surface area contributed by atoms with Gasteiger partial charge in [0, 0.05) is 31.6 Å². The Hall–Kier alpha value is -2.18. The van der Waals surface area contributed by atoms with Gasteiger partial charge in [0.2, 0.25) is 0 Å². The zero-order valence-electron chi connectivity index (χ0n) is 13.6. The molecule has 1 saturated heterocycles. The van der Waals surface area contributed by atoms with Gasteiger partial charge in [0.25, 0.3) is 0 Å². The van der Waals surface area contributed by atoms with Gasteiger partial charge in [-0.2, -0.15) is 4.37 Å². The van der Waals surface area contributed by atoms with Crippen LogP contribution in [-0.2, 0) is 0 Å². The topological polar surface area (TPSA) is 52.5 Å². The summed E-state index contributed by atoms with van der Waals surface area (Å²) in [5.41, 5.74) is 0.723. The van der Waals surface area contributed by atoms with E-state index in [9.17, 15) is 5.11 Å². The third-order valence-electron chi connectivity index (χ3n) is 4.45. The van der Waals surface area contributed by atoms with Crippen LogP contribution in [0, 0.1) is 0 Å². The lowest BCUT2D eigenvalue weighted by atomic mass is 10.2. The highest BCUT2D eigenvalue weighted by Gasteiger charge is 2.21. The Morgan fingerprint density at radius 2 is 1.75 bits per heavy atom. The van der Waals surface area contributed by atoms with Crippen LogP contribution in [0.4, 0.5) is 11.6 Å². The normalized spacial score (nSPS) is 16.6. The van der Waals surface area contributed by atoms with E-state index in [4.69, 9.17) is 0 Å². The van der Waals surface area contributed by atoms with Crippen molar-refractivity contribution < 1.29 is 5.11 Å². The van der Waals surface area contributed by atoms with Gasteiger partial charge in [-0.3, -0.25) is 0 Å². The molecule has 0 bridgehead atoms. The van der Waals surface area contributed by atoms with Crippen LogP contribution in [0.15, 0.2) is 42.5 Å². The minimum absolute atomic E-state index is 0.535. The molecule has 1 unspecified atom stereocenters. The quantitative estimate of drug-likeness (QED) is 0.794. The summed E-state index contributed by atoms with van der Waals surface area (Å²) in [5, 5.41) is 11.0. The van der Waals surface area contributed by atoms with E-state index in [1.54, 1.807) is 18.5 Å². The summed E-state index contributed by atoms with van der Waals surface area (Å²) >= 11 is 1.56. The van der Waals surface area contributed by atoms with E-state index in [1.165, 1.54) is 10.1 Å². The third kappa shape index (κ3) is 2.83. The zero-order valence-corrected chi connectivity index (χ0v) is 14.4. The second kappa shape index (κ2) is 6.37. The molecule has 1 aliphatic heterocycles. The highest BCUT2D eigenvalue weighted by Crippen LogP contribution is 2.30. The first-order chi connectivity index (χ1) is 11.7. The Balaban J connectivity index is 1.50. The number of hydrogen-bond donors (Lipinski definition) is 1. The van der Waals surface area contributed by atoms with E-state index >= 15 is 0 Å². The van der Waals surface area contributed by atoms with Gasteiger partial charge in [-0.15, -0.1) is 0 Å². The highest BCUT2D eigenvalue weighted by atomic mass is 32.1. The van der Waals surface area contributed by atoms with Crippen LogP contribution in [0.5, 0.6) is 0 Å². The minimum Gasteiger partial charge on any atom is -0.387 e. The number of pyridine rings is 1. The summed E-state index contributed by atoms with van der Waals surface area (Å²) in [4.78, 5) is 9.21. The third-order valence-corrected chi connectivity index (χ3v) is 5.26. The Labute approximate surface area is 145 Å². The number of aliphatic hydroxyl groups excluding tert-OH is 1. The van der Waals surface area contributed by atoms with Crippen molar-refractivity contribution in [3.63, 3.8) is 0 Å². The molecule has 0 aliphatic carbocycles. The SMILES string of the molecule is CC(O)c1cccc(N2CCN(c3nsc4ccccc34)CC2)n1. The molecule has 1 N–H and O–H groups in total. The van der Waals surface area contributed by atoms with Crippen molar-refractivity contribution >= 4 is 33.3 Å². The number of piperazine rings is 1. The molecule has 1 atom stereocenters. The number of fused-ring (bicyclic) bond motifs is 1. The number of benzene rings is 1. The van der Waals surface area contributed by atoms with Crippen molar-refractivity contribution in [2.45, 2.75) is 13.0 Å². The van der Waals surface area contributed by atoms with E-state index in [2.05, 4.69) is 43.4 Å². The van der Waals surface area contributed by atoms with Crippen LogP contribution >= 0.6 is 11.5 Å². The fraction of sp³-hybridized carbons (Fsp3) is 0.333. The van der Waals surface area contributed by atoms with Gasteiger partial charge in [-0.05, 0) is 42.7 Å². The summed E-state index contributed by atoms with van der Waals surface area (Å²) in [6, 6.07) is 14.2. The lowest BCUT2D eigenvalue weighted by molar-refractivity contribution is 0.194.